The van der Waals surface area contributed by atoms with Crippen LogP contribution < -0.4 is 15.6 Å². The SMILES string of the molecule is O=C(CSc1nc2ccccc2c(=O)n1-c1ccc(OC(F)F)cc1)Nc1cccnc1Cl. The van der Waals surface area contributed by atoms with Crippen LogP contribution in [0.1, 0.15) is 0 Å². The molecule has 2 aromatic heterocycles. The predicted octanol–water partition coefficient (Wildman–Crippen LogP) is 4.77. The van der Waals surface area contributed by atoms with Crippen LogP contribution in [-0.4, -0.2) is 32.8 Å². The van der Waals surface area contributed by atoms with Crippen LogP contribution in [0, 0.1) is 0 Å². The molecule has 0 aliphatic heterocycles. The number of aromatic nitrogens is 3. The number of benzene rings is 2. The van der Waals surface area contributed by atoms with E-state index in [9.17, 15) is 18.4 Å². The van der Waals surface area contributed by atoms with Gasteiger partial charge in [0.1, 0.15) is 5.75 Å². The van der Waals surface area contributed by atoms with Crippen LogP contribution in [0.5, 0.6) is 5.75 Å². The molecule has 0 aliphatic rings. The maximum atomic E-state index is 13.2. The maximum Gasteiger partial charge on any atom is 0.387 e. The molecule has 4 rings (SSSR count). The number of halogens is 3. The van der Waals surface area contributed by atoms with Crippen molar-refractivity contribution in [1.82, 2.24) is 14.5 Å². The van der Waals surface area contributed by atoms with E-state index in [1.165, 1.54) is 35.0 Å². The number of pyridine rings is 1. The highest BCUT2D eigenvalue weighted by Crippen LogP contribution is 2.24. The number of ether oxygens (including phenoxy) is 1. The number of carbonyl (C=O) groups excluding carboxylic acids is 1. The molecule has 11 heteroatoms. The van der Waals surface area contributed by atoms with Crippen molar-refractivity contribution in [3.8, 4) is 11.4 Å². The van der Waals surface area contributed by atoms with Gasteiger partial charge in [0.05, 0.1) is 28.0 Å². The highest BCUT2D eigenvalue weighted by atomic mass is 35.5. The number of nitrogens with zero attached hydrogens (tertiary/aromatic N) is 3. The van der Waals surface area contributed by atoms with Crippen molar-refractivity contribution >= 4 is 45.9 Å². The number of nitrogens with one attached hydrogen (secondary N) is 1. The molecule has 33 heavy (non-hydrogen) atoms. The fourth-order valence-corrected chi connectivity index (χ4v) is 3.99. The van der Waals surface area contributed by atoms with Crippen LogP contribution in [0.2, 0.25) is 5.15 Å². The van der Waals surface area contributed by atoms with E-state index < -0.39 is 6.61 Å². The summed E-state index contributed by atoms with van der Waals surface area (Å²) in [6, 6.07) is 15.6. The van der Waals surface area contributed by atoms with Gasteiger partial charge in [-0.3, -0.25) is 14.2 Å². The third-order valence-electron chi connectivity index (χ3n) is 4.43. The first-order valence-electron chi connectivity index (χ1n) is 9.52. The molecule has 0 atom stereocenters. The van der Waals surface area contributed by atoms with Crippen LogP contribution >= 0.6 is 23.4 Å². The molecule has 0 bridgehead atoms. The summed E-state index contributed by atoms with van der Waals surface area (Å²) >= 11 is 7.02. The Morgan fingerprint density at radius 2 is 1.88 bits per heavy atom. The van der Waals surface area contributed by atoms with Crippen molar-refractivity contribution in [3.05, 3.63) is 82.4 Å². The molecule has 0 aliphatic carbocycles. The number of hydrogen-bond acceptors (Lipinski definition) is 6. The lowest BCUT2D eigenvalue weighted by Gasteiger charge is -2.14. The first-order chi connectivity index (χ1) is 15.9. The lowest BCUT2D eigenvalue weighted by molar-refractivity contribution is -0.113. The molecule has 0 saturated carbocycles. The van der Waals surface area contributed by atoms with E-state index in [-0.39, 0.29) is 33.3 Å². The number of amides is 1. The number of hydrogen-bond donors (Lipinski definition) is 1. The molecule has 2 heterocycles. The standard InChI is InChI=1S/C22H15ClF2N4O3S/c23-19-17(6-3-11-26-19)27-18(30)12-33-22-28-16-5-2-1-4-15(16)20(31)29(22)13-7-9-14(10-8-13)32-21(24)25/h1-11,21H,12H2,(H,27,30). The molecule has 168 valence electrons. The predicted molar refractivity (Wildman–Crippen MR) is 123 cm³/mol. The van der Waals surface area contributed by atoms with Gasteiger partial charge in [-0.05, 0) is 48.5 Å². The molecule has 0 spiro atoms. The minimum Gasteiger partial charge on any atom is -0.435 e. The van der Waals surface area contributed by atoms with E-state index in [1.54, 1.807) is 36.4 Å². The molecule has 0 unspecified atom stereocenters. The van der Waals surface area contributed by atoms with E-state index in [1.807, 2.05) is 0 Å². The quantitative estimate of drug-likeness (QED) is 0.229. The third kappa shape index (κ3) is 5.29. The fourth-order valence-electron chi connectivity index (χ4n) is 3.01. The molecule has 7 nitrogen and oxygen atoms in total. The smallest absolute Gasteiger partial charge is 0.387 e. The van der Waals surface area contributed by atoms with Crippen molar-refractivity contribution < 1.29 is 18.3 Å². The summed E-state index contributed by atoms with van der Waals surface area (Å²) < 4.78 is 30.6. The van der Waals surface area contributed by atoms with Gasteiger partial charge in [0.15, 0.2) is 10.3 Å². The van der Waals surface area contributed by atoms with E-state index in [0.717, 1.165) is 11.8 Å². The Morgan fingerprint density at radius 3 is 2.61 bits per heavy atom. The largest absolute Gasteiger partial charge is 0.435 e. The van der Waals surface area contributed by atoms with Gasteiger partial charge in [-0.15, -0.1) is 0 Å². The van der Waals surface area contributed by atoms with Gasteiger partial charge in [-0.25, -0.2) is 9.97 Å². The van der Waals surface area contributed by atoms with Crippen LogP contribution in [-0.2, 0) is 4.79 Å². The number of carbonyl (C=O) groups is 1. The monoisotopic (exact) mass is 488 g/mol. The number of alkyl halides is 2. The average Bonchev–Trinajstić information content (AvgIpc) is 2.80. The van der Waals surface area contributed by atoms with Gasteiger partial charge < -0.3 is 10.1 Å². The van der Waals surface area contributed by atoms with Gasteiger partial charge in [0.25, 0.3) is 5.56 Å². The van der Waals surface area contributed by atoms with Crippen molar-refractivity contribution in [2.45, 2.75) is 11.8 Å². The first-order valence-corrected chi connectivity index (χ1v) is 10.9. The van der Waals surface area contributed by atoms with E-state index in [4.69, 9.17) is 11.6 Å². The molecule has 0 fully saturated rings. The van der Waals surface area contributed by atoms with Gasteiger partial charge in [-0.1, -0.05) is 35.5 Å². The molecule has 4 aromatic rings. The minimum absolute atomic E-state index is 0.0440. The van der Waals surface area contributed by atoms with Crippen LogP contribution in [0.25, 0.3) is 16.6 Å². The second-order valence-corrected chi connectivity index (χ2v) is 7.90. The zero-order chi connectivity index (χ0) is 23.4. The van der Waals surface area contributed by atoms with E-state index in [2.05, 4.69) is 20.0 Å². The molecule has 1 amide bonds. The highest BCUT2D eigenvalue weighted by molar-refractivity contribution is 7.99. The number of anilines is 1. The van der Waals surface area contributed by atoms with Crippen molar-refractivity contribution in [2.75, 3.05) is 11.1 Å². The summed E-state index contributed by atoms with van der Waals surface area (Å²) in [5.41, 5.74) is 0.859. The number of para-hydroxylation sites is 1. The molecule has 0 saturated heterocycles. The van der Waals surface area contributed by atoms with Gasteiger partial charge in [-0.2, -0.15) is 8.78 Å². The summed E-state index contributed by atoms with van der Waals surface area (Å²) in [6.45, 7) is -2.96. The number of thioether (sulfide) groups is 1. The molecule has 1 N–H and O–H groups in total. The number of fused-ring (bicyclic) bond motifs is 1. The Morgan fingerprint density at radius 1 is 1.12 bits per heavy atom. The maximum absolute atomic E-state index is 13.2. The van der Waals surface area contributed by atoms with Crippen LogP contribution in [0.3, 0.4) is 0 Å². The lowest BCUT2D eigenvalue weighted by Crippen LogP contribution is -2.23. The average molecular weight is 489 g/mol. The van der Waals surface area contributed by atoms with E-state index >= 15 is 0 Å². The summed E-state index contributed by atoms with van der Waals surface area (Å²) in [4.78, 5) is 34.1. The Labute approximate surface area is 195 Å². The summed E-state index contributed by atoms with van der Waals surface area (Å²) in [5, 5.41) is 3.45. The molecule has 2 aromatic carbocycles. The molecular formula is C22H15ClF2N4O3S. The van der Waals surface area contributed by atoms with Crippen LogP contribution in [0.4, 0.5) is 14.5 Å². The zero-order valence-electron chi connectivity index (χ0n) is 16.7. The van der Waals surface area contributed by atoms with Crippen molar-refractivity contribution in [2.24, 2.45) is 0 Å². The Balaban J connectivity index is 1.66. The zero-order valence-corrected chi connectivity index (χ0v) is 18.3. The normalized spacial score (nSPS) is 11.0. The van der Waals surface area contributed by atoms with Gasteiger partial charge >= 0.3 is 6.61 Å². The summed E-state index contributed by atoms with van der Waals surface area (Å²) in [6.07, 6.45) is 1.50. The van der Waals surface area contributed by atoms with Crippen molar-refractivity contribution in [3.63, 3.8) is 0 Å². The van der Waals surface area contributed by atoms with Gasteiger partial charge in [0.2, 0.25) is 5.91 Å². The van der Waals surface area contributed by atoms with Gasteiger partial charge in [0, 0.05) is 6.20 Å². The Kier molecular flexibility index (Phi) is 6.85. The topological polar surface area (TPSA) is 86.1 Å². The first kappa shape index (κ1) is 22.7. The third-order valence-corrected chi connectivity index (χ3v) is 5.67. The summed E-state index contributed by atoms with van der Waals surface area (Å²) in [7, 11) is 0. The minimum atomic E-state index is -2.96. The Hall–Kier alpha value is -3.50. The van der Waals surface area contributed by atoms with Crippen molar-refractivity contribution in [1.29, 1.82) is 0 Å². The highest BCUT2D eigenvalue weighted by Gasteiger charge is 2.16. The lowest BCUT2D eigenvalue weighted by atomic mass is 10.2. The van der Waals surface area contributed by atoms with Crippen LogP contribution in [0.15, 0.2) is 76.8 Å². The molecular weight excluding hydrogens is 474 g/mol. The summed E-state index contributed by atoms with van der Waals surface area (Å²) in [5.74, 6) is -0.482. The Bertz CT molecular complexity index is 1370. The molecule has 0 radical (unpaired) electrons. The second-order valence-electron chi connectivity index (χ2n) is 6.60. The fraction of sp³-hybridized carbons (Fsp3) is 0.0909. The second kappa shape index (κ2) is 9.97. The van der Waals surface area contributed by atoms with E-state index in [0.29, 0.717) is 22.3 Å². The number of rotatable bonds is 7.